The normalized spacial score (nSPS) is 11.5. The first-order valence-electron chi connectivity index (χ1n) is 5.21. The molecule has 1 aromatic carbocycles. The summed E-state index contributed by atoms with van der Waals surface area (Å²) in [4.78, 5) is 0. The zero-order valence-electron chi connectivity index (χ0n) is 9.29. The summed E-state index contributed by atoms with van der Waals surface area (Å²) < 4.78 is 3.04. The Morgan fingerprint density at radius 1 is 1.40 bits per heavy atom. The van der Waals surface area contributed by atoms with Gasteiger partial charge in [-0.3, -0.25) is 4.68 Å². The van der Waals surface area contributed by atoms with Gasteiger partial charge in [0.05, 0.1) is 5.52 Å². The Balaban J connectivity index is 2.65. The minimum absolute atomic E-state index is 0.611. The van der Waals surface area contributed by atoms with Gasteiger partial charge in [0.1, 0.15) is 4.60 Å². The smallest absolute Gasteiger partial charge is 0.136 e. The number of fused-ring (bicyclic) bond motifs is 1. The van der Waals surface area contributed by atoms with Crippen LogP contribution in [0.3, 0.4) is 0 Å². The fraction of sp³-hybridized carbons (Fsp3) is 0.417. The van der Waals surface area contributed by atoms with Gasteiger partial charge in [-0.2, -0.15) is 5.10 Å². The first-order chi connectivity index (χ1) is 7.09. The number of halogens is 1. The van der Waals surface area contributed by atoms with Crippen molar-refractivity contribution >= 4 is 26.8 Å². The molecule has 2 nitrogen and oxygen atoms in total. The third-order valence-electron chi connectivity index (χ3n) is 2.46. The van der Waals surface area contributed by atoms with Crippen LogP contribution >= 0.6 is 15.9 Å². The zero-order valence-corrected chi connectivity index (χ0v) is 10.9. The van der Waals surface area contributed by atoms with Gasteiger partial charge in [0.2, 0.25) is 0 Å². The zero-order chi connectivity index (χ0) is 11.0. The summed E-state index contributed by atoms with van der Waals surface area (Å²) in [5.74, 6) is 0.611. The van der Waals surface area contributed by atoms with Gasteiger partial charge in [0, 0.05) is 11.9 Å². The van der Waals surface area contributed by atoms with Gasteiger partial charge in [-0.15, -0.1) is 0 Å². The topological polar surface area (TPSA) is 17.8 Å². The lowest BCUT2D eigenvalue weighted by Gasteiger charge is -2.07. The molecule has 15 heavy (non-hydrogen) atoms. The molecule has 0 spiro atoms. The fourth-order valence-corrected chi connectivity index (χ4v) is 2.37. The average Bonchev–Trinajstić information content (AvgIpc) is 2.44. The molecule has 0 unspecified atom stereocenters. The summed E-state index contributed by atoms with van der Waals surface area (Å²) in [7, 11) is 0. The highest BCUT2D eigenvalue weighted by Gasteiger charge is 2.10. The fourth-order valence-electron chi connectivity index (χ4n) is 1.86. The SMILES string of the molecule is Cc1cccc2c(Br)nn(CC(C)C)c12. The molecule has 0 radical (unpaired) electrons. The standard InChI is InChI=1S/C12H15BrN2/c1-8(2)7-15-11-9(3)5-4-6-10(11)12(13)14-15/h4-6,8H,7H2,1-3H3. The molecule has 1 heterocycles. The summed E-state index contributed by atoms with van der Waals surface area (Å²) in [6.45, 7) is 7.51. The van der Waals surface area contributed by atoms with Crippen LogP contribution < -0.4 is 0 Å². The number of hydrogen-bond donors (Lipinski definition) is 0. The summed E-state index contributed by atoms with van der Waals surface area (Å²) in [5.41, 5.74) is 2.53. The molecule has 80 valence electrons. The molecular formula is C12H15BrN2. The molecule has 0 amide bonds. The highest BCUT2D eigenvalue weighted by atomic mass is 79.9. The van der Waals surface area contributed by atoms with E-state index in [1.165, 1.54) is 16.5 Å². The molecule has 3 heteroatoms. The molecule has 0 atom stereocenters. The summed E-state index contributed by atoms with van der Waals surface area (Å²) >= 11 is 3.51. The summed E-state index contributed by atoms with van der Waals surface area (Å²) in [6.07, 6.45) is 0. The van der Waals surface area contributed by atoms with Crippen molar-refractivity contribution in [2.75, 3.05) is 0 Å². The number of aromatic nitrogens is 2. The van der Waals surface area contributed by atoms with Gasteiger partial charge in [-0.05, 0) is 34.3 Å². The van der Waals surface area contributed by atoms with E-state index in [1.54, 1.807) is 0 Å². The first kappa shape index (κ1) is 10.7. The lowest BCUT2D eigenvalue weighted by atomic mass is 10.1. The van der Waals surface area contributed by atoms with Crippen molar-refractivity contribution in [3.8, 4) is 0 Å². The number of para-hydroxylation sites is 1. The maximum absolute atomic E-state index is 4.52. The number of hydrogen-bond acceptors (Lipinski definition) is 1. The average molecular weight is 267 g/mol. The van der Waals surface area contributed by atoms with Crippen molar-refractivity contribution in [2.45, 2.75) is 27.3 Å². The molecule has 0 bridgehead atoms. The van der Waals surface area contributed by atoms with Crippen LogP contribution in [-0.4, -0.2) is 9.78 Å². The van der Waals surface area contributed by atoms with Crippen LogP contribution in [0.1, 0.15) is 19.4 Å². The maximum atomic E-state index is 4.52. The Bertz CT molecular complexity index is 486. The minimum atomic E-state index is 0.611. The van der Waals surface area contributed by atoms with E-state index >= 15 is 0 Å². The Kier molecular flexibility index (Phi) is 2.83. The largest absolute Gasteiger partial charge is 0.263 e. The maximum Gasteiger partial charge on any atom is 0.136 e. The van der Waals surface area contributed by atoms with E-state index in [0.29, 0.717) is 5.92 Å². The molecule has 0 aliphatic rings. The van der Waals surface area contributed by atoms with Crippen LogP contribution in [0.2, 0.25) is 0 Å². The van der Waals surface area contributed by atoms with Crippen LogP contribution in [0.15, 0.2) is 22.8 Å². The number of nitrogens with zero attached hydrogens (tertiary/aromatic N) is 2. The van der Waals surface area contributed by atoms with Crippen molar-refractivity contribution in [3.63, 3.8) is 0 Å². The molecule has 2 aromatic rings. The second-order valence-electron chi connectivity index (χ2n) is 4.34. The molecule has 0 fully saturated rings. The van der Waals surface area contributed by atoms with Crippen molar-refractivity contribution in [1.82, 2.24) is 9.78 Å². The number of benzene rings is 1. The van der Waals surface area contributed by atoms with Crippen LogP contribution in [0.4, 0.5) is 0 Å². The molecule has 2 rings (SSSR count). The van der Waals surface area contributed by atoms with Crippen LogP contribution in [0, 0.1) is 12.8 Å². The first-order valence-corrected chi connectivity index (χ1v) is 6.00. The predicted octanol–water partition coefficient (Wildman–Crippen LogP) is 3.76. The van der Waals surface area contributed by atoms with E-state index in [0.717, 1.165) is 11.1 Å². The predicted molar refractivity (Wildman–Crippen MR) is 67.0 cm³/mol. The highest BCUT2D eigenvalue weighted by Crippen LogP contribution is 2.26. The van der Waals surface area contributed by atoms with Gasteiger partial charge in [0.15, 0.2) is 0 Å². The second kappa shape index (κ2) is 3.97. The van der Waals surface area contributed by atoms with Gasteiger partial charge in [-0.25, -0.2) is 0 Å². The molecule has 0 saturated heterocycles. The number of aryl methyl sites for hydroxylation is 1. The lowest BCUT2D eigenvalue weighted by molar-refractivity contribution is 0.493. The molecule has 1 aromatic heterocycles. The summed E-state index contributed by atoms with van der Waals surface area (Å²) in [5, 5.41) is 5.73. The lowest BCUT2D eigenvalue weighted by Crippen LogP contribution is -2.06. The Hall–Kier alpha value is -0.830. The van der Waals surface area contributed by atoms with E-state index in [9.17, 15) is 0 Å². The highest BCUT2D eigenvalue weighted by molar-refractivity contribution is 9.10. The third kappa shape index (κ3) is 1.93. The second-order valence-corrected chi connectivity index (χ2v) is 5.09. The van der Waals surface area contributed by atoms with E-state index in [-0.39, 0.29) is 0 Å². The van der Waals surface area contributed by atoms with Crippen LogP contribution in [0.5, 0.6) is 0 Å². The van der Waals surface area contributed by atoms with Crippen LogP contribution in [0.25, 0.3) is 10.9 Å². The molecular weight excluding hydrogens is 252 g/mol. The minimum Gasteiger partial charge on any atom is -0.263 e. The Morgan fingerprint density at radius 3 is 2.80 bits per heavy atom. The molecule has 0 N–H and O–H groups in total. The quantitative estimate of drug-likeness (QED) is 0.810. The van der Waals surface area contributed by atoms with E-state index < -0.39 is 0 Å². The van der Waals surface area contributed by atoms with Crippen molar-refractivity contribution in [2.24, 2.45) is 5.92 Å². The van der Waals surface area contributed by atoms with Crippen molar-refractivity contribution in [1.29, 1.82) is 0 Å². The number of rotatable bonds is 2. The van der Waals surface area contributed by atoms with E-state index in [4.69, 9.17) is 0 Å². The van der Waals surface area contributed by atoms with Gasteiger partial charge in [0.25, 0.3) is 0 Å². The van der Waals surface area contributed by atoms with Crippen LogP contribution in [-0.2, 0) is 6.54 Å². The summed E-state index contributed by atoms with van der Waals surface area (Å²) in [6, 6.07) is 6.31. The van der Waals surface area contributed by atoms with Crippen molar-refractivity contribution in [3.05, 3.63) is 28.4 Å². The molecule has 0 saturated carbocycles. The third-order valence-corrected chi connectivity index (χ3v) is 3.05. The van der Waals surface area contributed by atoms with E-state index in [2.05, 4.69) is 64.7 Å². The van der Waals surface area contributed by atoms with Gasteiger partial charge in [-0.1, -0.05) is 32.0 Å². The Labute approximate surface area is 98.4 Å². The molecule has 0 aliphatic carbocycles. The Morgan fingerprint density at radius 2 is 2.13 bits per heavy atom. The van der Waals surface area contributed by atoms with E-state index in [1.807, 2.05) is 0 Å². The monoisotopic (exact) mass is 266 g/mol. The van der Waals surface area contributed by atoms with Gasteiger partial charge >= 0.3 is 0 Å². The van der Waals surface area contributed by atoms with Crippen molar-refractivity contribution < 1.29 is 0 Å². The molecule has 0 aliphatic heterocycles. The van der Waals surface area contributed by atoms with Gasteiger partial charge < -0.3 is 0 Å².